The molecular formula is C13H21Ti. The normalized spacial score (nSPS) is 17.8. The average molecular weight is 225 g/mol. The summed E-state index contributed by atoms with van der Waals surface area (Å²) in [6.07, 6.45) is 12.6. The van der Waals surface area contributed by atoms with E-state index in [0.717, 1.165) is 5.92 Å². The van der Waals surface area contributed by atoms with Crippen LogP contribution < -0.4 is 0 Å². The van der Waals surface area contributed by atoms with Crippen molar-refractivity contribution in [2.75, 3.05) is 0 Å². The molecular weight excluding hydrogens is 204 g/mol. The zero-order valence-corrected chi connectivity index (χ0v) is 11.0. The van der Waals surface area contributed by atoms with Crippen molar-refractivity contribution in [2.45, 2.75) is 52.4 Å². The second-order valence-electron chi connectivity index (χ2n) is 4.23. The molecule has 0 aliphatic heterocycles. The van der Waals surface area contributed by atoms with Crippen LogP contribution >= 0.6 is 0 Å². The van der Waals surface area contributed by atoms with Crippen molar-refractivity contribution in [1.82, 2.24) is 0 Å². The molecule has 0 radical (unpaired) electrons. The van der Waals surface area contributed by atoms with Gasteiger partial charge in [0.25, 0.3) is 0 Å². The third-order valence-corrected chi connectivity index (χ3v) is 3.90. The molecule has 0 amide bonds. The first-order valence-electron chi connectivity index (χ1n) is 5.88. The summed E-state index contributed by atoms with van der Waals surface area (Å²) in [5.41, 5.74) is 1.62. The summed E-state index contributed by atoms with van der Waals surface area (Å²) in [6, 6.07) is 0. The van der Waals surface area contributed by atoms with E-state index in [1.165, 1.54) is 38.5 Å². The van der Waals surface area contributed by atoms with Gasteiger partial charge in [0, 0.05) is 0 Å². The Labute approximate surface area is 100 Å². The Morgan fingerprint density at radius 1 is 1.43 bits per heavy atom. The molecule has 0 fully saturated rings. The molecule has 1 aliphatic carbocycles. The van der Waals surface area contributed by atoms with Crippen LogP contribution in [0, 0.1) is 5.92 Å². The van der Waals surface area contributed by atoms with Crippen LogP contribution in [0.1, 0.15) is 52.4 Å². The van der Waals surface area contributed by atoms with Gasteiger partial charge in [-0.2, -0.15) is 0 Å². The van der Waals surface area contributed by atoms with Gasteiger partial charge in [0.15, 0.2) is 0 Å². The fourth-order valence-electron chi connectivity index (χ4n) is 2.00. The third-order valence-electron chi connectivity index (χ3n) is 3.08. The zero-order chi connectivity index (χ0) is 10.4. The molecule has 77 valence electrons. The van der Waals surface area contributed by atoms with Gasteiger partial charge in [-0.1, -0.05) is 0 Å². The first kappa shape index (κ1) is 12.3. The van der Waals surface area contributed by atoms with Gasteiger partial charge in [-0.3, -0.25) is 0 Å². The van der Waals surface area contributed by atoms with Crippen molar-refractivity contribution >= 4 is 0 Å². The maximum atomic E-state index is 2.34. The Hall–Kier alpha value is 0.194. The number of unbranched alkanes of at least 4 members (excludes halogenated alkanes) is 1. The molecule has 0 aromatic heterocycles. The maximum absolute atomic E-state index is 2.34. The Morgan fingerprint density at radius 3 is 2.71 bits per heavy atom. The van der Waals surface area contributed by atoms with Crippen molar-refractivity contribution in [2.24, 2.45) is 5.92 Å². The van der Waals surface area contributed by atoms with E-state index < -0.39 is 0 Å². The van der Waals surface area contributed by atoms with Crippen LogP contribution in [0.15, 0.2) is 21.6 Å². The van der Waals surface area contributed by atoms with E-state index in [1.54, 1.807) is 9.45 Å². The summed E-state index contributed by atoms with van der Waals surface area (Å²) < 4.78 is 1.60. The molecule has 0 aromatic carbocycles. The minimum atomic E-state index is 0.919. The Morgan fingerprint density at radius 2 is 2.21 bits per heavy atom. The van der Waals surface area contributed by atoms with Gasteiger partial charge < -0.3 is 0 Å². The zero-order valence-electron chi connectivity index (χ0n) is 9.47. The molecule has 0 aromatic rings. The molecule has 0 saturated heterocycles. The van der Waals surface area contributed by atoms with Crippen LogP contribution in [0.25, 0.3) is 0 Å². The van der Waals surface area contributed by atoms with Crippen LogP contribution in [0.3, 0.4) is 0 Å². The van der Waals surface area contributed by atoms with Gasteiger partial charge in [-0.25, -0.2) is 0 Å². The number of rotatable bonds is 6. The summed E-state index contributed by atoms with van der Waals surface area (Å²) in [4.78, 5) is 0. The second-order valence-corrected chi connectivity index (χ2v) is 5.17. The van der Waals surface area contributed by atoms with E-state index in [2.05, 4.69) is 46.4 Å². The molecule has 1 atom stereocenters. The summed E-state index contributed by atoms with van der Waals surface area (Å²) in [7, 11) is 0. The topological polar surface area (TPSA) is 0 Å². The van der Waals surface area contributed by atoms with E-state index in [0.29, 0.717) is 0 Å². The summed E-state index contributed by atoms with van der Waals surface area (Å²) >= 11 is 2.28. The third kappa shape index (κ3) is 3.75. The minimum absolute atomic E-state index is 0.919. The number of hydrogen-bond donors (Lipinski definition) is 0. The van der Waals surface area contributed by atoms with Crippen LogP contribution in [-0.4, -0.2) is 0 Å². The summed E-state index contributed by atoms with van der Waals surface area (Å²) in [5.74, 6) is 0.919. The Kier molecular flexibility index (Phi) is 5.81. The predicted octanol–water partition coefficient (Wildman–Crippen LogP) is 4.35. The average Bonchev–Trinajstić information content (AvgIpc) is 2.59. The Balaban J connectivity index is 2.39. The standard InChI is InChI=1S/C13H21.Ti/c1-3-5-8-12(4-2)11-13-9-6-7-10-13;/h6,9,12H,3-5,7-8,11H2,1-2H3;. The first-order chi connectivity index (χ1) is 6.77. The molecule has 1 unspecified atom stereocenters. The van der Waals surface area contributed by atoms with Gasteiger partial charge in [-0.05, 0) is 0 Å². The van der Waals surface area contributed by atoms with Crippen LogP contribution in [0.5, 0.6) is 0 Å². The molecule has 1 rings (SSSR count). The summed E-state index contributed by atoms with van der Waals surface area (Å²) in [6.45, 7) is 4.61. The van der Waals surface area contributed by atoms with Crippen LogP contribution in [-0.2, 0) is 20.4 Å². The van der Waals surface area contributed by atoms with Crippen LogP contribution in [0.2, 0.25) is 0 Å². The first-order valence-corrected chi connectivity index (χ1v) is 6.66. The van der Waals surface area contributed by atoms with E-state index in [1.807, 2.05) is 0 Å². The van der Waals surface area contributed by atoms with Gasteiger partial charge in [0.05, 0.1) is 0 Å². The van der Waals surface area contributed by atoms with Crippen LogP contribution in [0.4, 0.5) is 0 Å². The monoisotopic (exact) mass is 225 g/mol. The molecule has 0 heterocycles. The summed E-state index contributed by atoms with van der Waals surface area (Å²) in [5, 5.41) is 0. The van der Waals surface area contributed by atoms with Crippen molar-refractivity contribution in [3.05, 3.63) is 21.6 Å². The van der Waals surface area contributed by atoms with Gasteiger partial charge in [0.2, 0.25) is 0 Å². The van der Waals surface area contributed by atoms with Crippen molar-refractivity contribution in [3.8, 4) is 0 Å². The predicted molar refractivity (Wildman–Crippen MR) is 58.7 cm³/mol. The Bertz CT molecular complexity index is 225. The number of allylic oxidation sites excluding steroid dienone is 4. The van der Waals surface area contributed by atoms with Crippen molar-refractivity contribution < 1.29 is 20.4 Å². The van der Waals surface area contributed by atoms with Crippen molar-refractivity contribution in [3.63, 3.8) is 0 Å². The van der Waals surface area contributed by atoms with E-state index in [-0.39, 0.29) is 0 Å². The molecule has 1 aliphatic rings. The number of hydrogen-bond acceptors (Lipinski definition) is 0. The molecule has 0 bridgehead atoms. The molecule has 0 N–H and O–H groups in total. The van der Waals surface area contributed by atoms with Crippen molar-refractivity contribution in [1.29, 1.82) is 0 Å². The molecule has 0 saturated carbocycles. The second kappa shape index (κ2) is 6.64. The van der Waals surface area contributed by atoms with Gasteiger partial charge in [-0.15, -0.1) is 0 Å². The fraction of sp³-hybridized carbons (Fsp3) is 0.692. The molecule has 0 spiro atoms. The van der Waals surface area contributed by atoms with Gasteiger partial charge >= 0.3 is 100 Å². The fourth-order valence-corrected chi connectivity index (χ4v) is 2.47. The molecule has 14 heavy (non-hydrogen) atoms. The SMILES string of the molecule is CCCCC(CC)CC1=[C]([Ti])CC=C1. The molecule has 1 heteroatoms. The van der Waals surface area contributed by atoms with E-state index >= 15 is 0 Å². The quantitative estimate of drug-likeness (QED) is 0.589. The van der Waals surface area contributed by atoms with E-state index in [4.69, 9.17) is 0 Å². The van der Waals surface area contributed by atoms with E-state index in [9.17, 15) is 0 Å². The van der Waals surface area contributed by atoms with Gasteiger partial charge in [0.1, 0.15) is 0 Å². The molecule has 0 nitrogen and oxygen atoms in total.